The van der Waals surface area contributed by atoms with Gasteiger partial charge in [0.05, 0.1) is 7.11 Å². The molecule has 0 fully saturated rings. The second-order valence-electron chi connectivity index (χ2n) is 9.04. The minimum atomic E-state index is -1.09. The van der Waals surface area contributed by atoms with E-state index < -0.39 is 18.6 Å². The van der Waals surface area contributed by atoms with Gasteiger partial charge in [-0.15, -0.1) is 0 Å². The largest absolute Gasteiger partial charge is 0.497 e. The lowest BCUT2D eigenvalue weighted by atomic mass is 9.92. The molecule has 1 aliphatic rings. The molecule has 36 heavy (non-hydrogen) atoms. The summed E-state index contributed by atoms with van der Waals surface area (Å²) in [5.41, 5.74) is 4.48. The van der Waals surface area contributed by atoms with E-state index >= 15 is 0 Å². The Morgan fingerprint density at radius 2 is 1.64 bits per heavy atom. The lowest BCUT2D eigenvalue weighted by Crippen LogP contribution is -2.54. The molecule has 7 nitrogen and oxygen atoms in total. The molecular weight excluding hydrogens is 456 g/mol. The van der Waals surface area contributed by atoms with Gasteiger partial charge in [0.25, 0.3) is 5.91 Å². The average molecular weight is 487 g/mol. The normalized spacial score (nSPS) is 14.6. The van der Waals surface area contributed by atoms with Crippen LogP contribution in [-0.4, -0.2) is 58.9 Å². The van der Waals surface area contributed by atoms with E-state index in [2.05, 4.69) is 0 Å². The molecule has 1 atom stereocenters. The molecule has 4 rings (SSSR count). The zero-order chi connectivity index (χ0) is 25.7. The smallest absolute Gasteiger partial charge is 0.323 e. The van der Waals surface area contributed by atoms with Crippen LogP contribution < -0.4 is 4.74 Å². The number of carboxylic acid groups (broad SMARTS) is 1. The van der Waals surface area contributed by atoms with E-state index in [-0.39, 0.29) is 18.4 Å². The van der Waals surface area contributed by atoms with Gasteiger partial charge in [-0.2, -0.15) is 0 Å². The summed E-state index contributed by atoms with van der Waals surface area (Å²) in [6, 6.07) is 21.7. The van der Waals surface area contributed by atoms with E-state index in [0.717, 1.165) is 28.0 Å². The standard InChI is InChI=1S/C29H30N2O5/c1-20-7-11-22(12-8-20)28(34)31-18-24-6-4-3-5-23(24)17-26(31)29(35)30(19-27(32)33)16-15-21-9-13-25(36-2)14-10-21/h3-14,26H,15-19H2,1-2H3,(H,32,33)/t26-/m1/s1. The van der Waals surface area contributed by atoms with Crippen LogP contribution in [0.1, 0.15) is 32.6 Å². The maximum absolute atomic E-state index is 13.8. The predicted octanol–water partition coefficient (Wildman–Crippen LogP) is 3.73. The molecule has 0 bridgehead atoms. The third kappa shape index (κ3) is 5.74. The summed E-state index contributed by atoms with van der Waals surface area (Å²) in [7, 11) is 1.59. The van der Waals surface area contributed by atoms with E-state index in [9.17, 15) is 19.5 Å². The minimum absolute atomic E-state index is 0.224. The summed E-state index contributed by atoms with van der Waals surface area (Å²) in [4.78, 5) is 42.0. The highest BCUT2D eigenvalue weighted by atomic mass is 16.5. The molecule has 1 N–H and O–H groups in total. The fraction of sp³-hybridized carbons (Fsp3) is 0.276. The number of hydrogen-bond acceptors (Lipinski definition) is 4. The Kier molecular flexibility index (Phi) is 7.68. The van der Waals surface area contributed by atoms with E-state index in [1.165, 1.54) is 4.90 Å². The number of aryl methyl sites for hydroxylation is 1. The van der Waals surface area contributed by atoms with Crippen LogP contribution >= 0.6 is 0 Å². The second kappa shape index (κ2) is 11.1. The first kappa shape index (κ1) is 25.0. The summed E-state index contributed by atoms with van der Waals surface area (Å²) >= 11 is 0. The van der Waals surface area contributed by atoms with Gasteiger partial charge < -0.3 is 19.6 Å². The number of methoxy groups -OCH3 is 1. The van der Waals surface area contributed by atoms with Gasteiger partial charge in [0.2, 0.25) is 5.91 Å². The number of aliphatic carboxylic acids is 1. The summed E-state index contributed by atoms with van der Waals surface area (Å²) < 4.78 is 5.19. The highest BCUT2D eigenvalue weighted by Crippen LogP contribution is 2.26. The van der Waals surface area contributed by atoms with Crippen LogP contribution in [0.4, 0.5) is 0 Å². The number of benzene rings is 3. The van der Waals surface area contributed by atoms with Gasteiger partial charge in [-0.25, -0.2) is 0 Å². The van der Waals surface area contributed by atoms with Gasteiger partial charge in [0, 0.05) is 25.1 Å². The fourth-order valence-corrected chi connectivity index (χ4v) is 4.52. The number of nitrogens with zero attached hydrogens (tertiary/aromatic N) is 2. The van der Waals surface area contributed by atoms with Crippen molar-refractivity contribution in [2.45, 2.75) is 32.4 Å². The lowest BCUT2D eigenvalue weighted by Gasteiger charge is -2.38. The number of fused-ring (bicyclic) bond motifs is 1. The molecule has 3 aromatic rings. The van der Waals surface area contributed by atoms with Crippen molar-refractivity contribution < 1.29 is 24.2 Å². The van der Waals surface area contributed by atoms with Crippen molar-refractivity contribution >= 4 is 17.8 Å². The molecule has 0 aliphatic carbocycles. The molecule has 0 aromatic heterocycles. The molecule has 1 aliphatic heterocycles. The van der Waals surface area contributed by atoms with Crippen LogP contribution in [-0.2, 0) is 29.0 Å². The highest BCUT2D eigenvalue weighted by Gasteiger charge is 2.37. The van der Waals surface area contributed by atoms with Crippen molar-refractivity contribution in [3.8, 4) is 5.75 Å². The molecule has 0 saturated heterocycles. The van der Waals surface area contributed by atoms with E-state index in [4.69, 9.17) is 4.74 Å². The number of ether oxygens (including phenoxy) is 1. The van der Waals surface area contributed by atoms with Gasteiger partial charge in [0.15, 0.2) is 0 Å². The minimum Gasteiger partial charge on any atom is -0.497 e. The van der Waals surface area contributed by atoms with Crippen molar-refractivity contribution in [2.24, 2.45) is 0 Å². The van der Waals surface area contributed by atoms with Crippen LogP contribution in [0.15, 0.2) is 72.8 Å². The Labute approximate surface area is 210 Å². The quantitative estimate of drug-likeness (QED) is 0.524. The number of hydrogen-bond donors (Lipinski definition) is 1. The summed E-state index contributed by atoms with van der Waals surface area (Å²) in [6.45, 7) is 2.03. The van der Waals surface area contributed by atoms with Gasteiger partial charge in [-0.3, -0.25) is 14.4 Å². The fourth-order valence-electron chi connectivity index (χ4n) is 4.52. The molecule has 7 heteroatoms. The number of rotatable bonds is 8. The summed E-state index contributed by atoms with van der Waals surface area (Å²) in [5, 5.41) is 9.54. The molecule has 3 aromatic carbocycles. The van der Waals surface area contributed by atoms with Crippen molar-refractivity contribution in [1.29, 1.82) is 0 Å². The van der Waals surface area contributed by atoms with Crippen LogP contribution in [0.2, 0.25) is 0 Å². The van der Waals surface area contributed by atoms with Crippen LogP contribution in [0.3, 0.4) is 0 Å². The van der Waals surface area contributed by atoms with Crippen molar-refractivity contribution in [3.63, 3.8) is 0 Å². The average Bonchev–Trinajstić information content (AvgIpc) is 2.90. The first-order valence-corrected chi connectivity index (χ1v) is 11.9. The van der Waals surface area contributed by atoms with Gasteiger partial charge in [0.1, 0.15) is 18.3 Å². The summed E-state index contributed by atoms with van der Waals surface area (Å²) in [5.74, 6) is -0.969. The molecule has 0 unspecified atom stereocenters. The number of amides is 2. The first-order chi connectivity index (χ1) is 17.4. The SMILES string of the molecule is COc1ccc(CCN(CC(=O)O)C(=O)[C@H]2Cc3ccccc3CN2C(=O)c2ccc(C)cc2)cc1. The molecule has 0 radical (unpaired) electrons. The second-order valence-corrected chi connectivity index (χ2v) is 9.04. The first-order valence-electron chi connectivity index (χ1n) is 11.9. The van der Waals surface area contributed by atoms with Gasteiger partial charge in [-0.1, -0.05) is 54.1 Å². The van der Waals surface area contributed by atoms with E-state index in [0.29, 0.717) is 24.9 Å². The maximum Gasteiger partial charge on any atom is 0.323 e. The van der Waals surface area contributed by atoms with E-state index in [1.54, 1.807) is 24.1 Å². The van der Waals surface area contributed by atoms with Gasteiger partial charge in [-0.05, 0) is 54.3 Å². The van der Waals surface area contributed by atoms with Crippen LogP contribution in [0.5, 0.6) is 5.75 Å². The predicted molar refractivity (Wildman–Crippen MR) is 136 cm³/mol. The number of carbonyl (C=O) groups excluding carboxylic acids is 2. The number of carboxylic acids is 1. The molecule has 2 amide bonds. The Morgan fingerprint density at radius 3 is 2.28 bits per heavy atom. The van der Waals surface area contributed by atoms with Crippen LogP contribution in [0, 0.1) is 6.92 Å². The lowest BCUT2D eigenvalue weighted by molar-refractivity contribution is -0.146. The Hall–Kier alpha value is -4.13. The Bertz CT molecular complexity index is 1240. The zero-order valence-electron chi connectivity index (χ0n) is 20.5. The third-order valence-electron chi connectivity index (χ3n) is 6.56. The Balaban J connectivity index is 1.60. The van der Waals surface area contributed by atoms with Crippen molar-refractivity contribution in [3.05, 3.63) is 101 Å². The maximum atomic E-state index is 13.8. The van der Waals surface area contributed by atoms with Gasteiger partial charge >= 0.3 is 5.97 Å². The molecule has 1 heterocycles. The van der Waals surface area contributed by atoms with Crippen LogP contribution in [0.25, 0.3) is 0 Å². The third-order valence-corrected chi connectivity index (χ3v) is 6.56. The topological polar surface area (TPSA) is 87.2 Å². The van der Waals surface area contributed by atoms with Crippen molar-refractivity contribution in [2.75, 3.05) is 20.2 Å². The van der Waals surface area contributed by atoms with Crippen molar-refractivity contribution in [1.82, 2.24) is 9.80 Å². The Morgan fingerprint density at radius 1 is 0.972 bits per heavy atom. The monoisotopic (exact) mass is 486 g/mol. The highest BCUT2D eigenvalue weighted by molar-refractivity contribution is 5.98. The molecule has 0 saturated carbocycles. The summed E-state index contributed by atoms with van der Waals surface area (Å²) in [6.07, 6.45) is 0.823. The van der Waals surface area contributed by atoms with E-state index in [1.807, 2.05) is 67.6 Å². The zero-order valence-corrected chi connectivity index (χ0v) is 20.5. The molecule has 186 valence electrons. The molecular formula is C29H30N2O5. The number of carbonyl (C=O) groups is 3. The molecule has 0 spiro atoms.